The lowest BCUT2D eigenvalue weighted by Crippen LogP contribution is -2.31. The molecule has 0 fully saturated rings. The van der Waals surface area contributed by atoms with E-state index in [1.165, 1.54) is 17.7 Å². The first kappa shape index (κ1) is 23.6. The number of benzene rings is 3. The summed E-state index contributed by atoms with van der Waals surface area (Å²) in [5.74, 6) is -0.0779. The Kier molecular flexibility index (Phi) is 6.95. The van der Waals surface area contributed by atoms with E-state index < -0.39 is 15.9 Å². The molecule has 0 aromatic heterocycles. The number of anilines is 1. The molecule has 0 radical (unpaired) electrons. The van der Waals surface area contributed by atoms with E-state index in [0.29, 0.717) is 21.3 Å². The molecule has 172 valence electrons. The lowest BCUT2D eigenvalue weighted by atomic mass is 10.1. The highest BCUT2D eigenvalue weighted by Gasteiger charge is 2.18. The summed E-state index contributed by atoms with van der Waals surface area (Å²) < 4.78 is 25.7. The fourth-order valence-corrected chi connectivity index (χ4v) is 5.59. The van der Waals surface area contributed by atoms with Crippen LogP contribution in [0.25, 0.3) is 0 Å². The molecule has 1 aliphatic rings. The van der Waals surface area contributed by atoms with Crippen molar-refractivity contribution >= 4 is 44.8 Å². The predicted molar refractivity (Wildman–Crippen MR) is 131 cm³/mol. The van der Waals surface area contributed by atoms with E-state index in [4.69, 9.17) is 23.2 Å². The van der Waals surface area contributed by atoms with Crippen LogP contribution in [-0.2, 0) is 28.7 Å². The van der Waals surface area contributed by atoms with E-state index in [0.717, 1.165) is 24.2 Å². The molecule has 0 saturated heterocycles. The van der Waals surface area contributed by atoms with Crippen LogP contribution in [0.1, 0.15) is 35.2 Å². The summed E-state index contributed by atoms with van der Waals surface area (Å²) in [4.78, 5) is 12.6. The van der Waals surface area contributed by atoms with Gasteiger partial charge in [0, 0.05) is 18.8 Å². The molecule has 4 rings (SSSR count). The topological polar surface area (TPSA) is 87.3 Å². The number of hydrogen-bond donors (Lipinski definition) is 3. The second kappa shape index (κ2) is 9.73. The van der Waals surface area contributed by atoms with Gasteiger partial charge in [0.15, 0.2) is 9.84 Å². The number of amides is 2. The number of urea groups is 1. The molecule has 3 aromatic rings. The second-order valence-corrected chi connectivity index (χ2v) is 10.7. The SMILES string of the molecule is CC(NC(=O)Nc1ccc(S(=O)(=O)Cc2ccc3c(c2)CNC3)cc1)c1cccc(Cl)c1Cl. The summed E-state index contributed by atoms with van der Waals surface area (Å²) in [6.45, 7) is 3.37. The van der Waals surface area contributed by atoms with Gasteiger partial charge in [-0.05, 0) is 59.5 Å². The Hall–Kier alpha value is -2.58. The van der Waals surface area contributed by atoms with Crippen molar-refractivity contribution < 1.29 is 13.2 Å². The molecule has 0 bridgehead atoms. The summed E-state index contributed by atoms with van der Waals surface area (Å²) in [5, 5.41) is 9.56. The fraction of sp³-hybridized carbons (Fsp3) is 0.208. The maximum atomic E-state index is 12.9. The smallest absolute Gasteiger partial charge is 0.319 e. The minimum atomic E-state index is -3.52. The molecule has 0 aliphatic carbocycles. The molecule has 9 heteroatoms. The molecule has 0 saturated carbocycles. The van der Waals surface area contributed by atoms with Gasteiger partial charge in [-0.25, -0.2) is 13.2 Å². The van der Waals surface area contributed by atoms with E-state index in [1.807, 2.05) is 18.2 Å². The third-order valence-corrected chi connectivity index (χ3v) is 8.06. The van der Waals surface area contributed by atoms with Crippen LogP contribution in [0, 0.1) is 0 Å². The van der Waals surface area contributed by atoms with Crippen molar-refractivity contribution in [3.63, 3.8) is 0 Å². The van der Waals surface area contributed by atoms with E-state index >= 15 is 0 Å². The van der Waals surface area contributed by atoms with Crippen LogP contribution in [0.4, 0.5) is 10.5 Å². The third kappa shape index (κ3) is 5.50. The summed E-state index contributed by atoms with van der Waals surface area (Å²) >= 11 is 12.3. The highest BCUT2D eigenvalue weighted by Crippen LogP contribution is 2.30. The third-order valence-electron chi connectivity index (χ3n) is 5.53. The highest BCUT2D eigenvalue weighted by atomic mass is 35.5. The van der Waals surface area contributed by atoms with Crippen molar-refractivity contribution in [2.75, 3.05) is 5.32 Å². The van der Waals surface area contributed by atoms with Gasteiger partial charge in [0.1, 0.15) is 0 Å². The van der Waals surface area contributed by atoms with Crippen molar-refractivity contribution in [3.05, 3.63) is 93.0 Å². The van der Waals surface area contributed by atoms with Crippen molar-refractivity contribution in [2.45, 2.75) is 36.7 Å². The number of hydrogen-bond acceptors (Lipinski definition) is 4. The minimum absolute atomic E-state index is 0.0779. The molecule has 33 heavy (non-hydrogen) atoms. The molecule has 1 aliphatic heterocycles. The number of fused-ring (bicyclic) bond motifs is 1. The monoisotopic (exact) mass is 503 g/mol. The molecule has 1 atom stereocenters. The van der Waals surface area contributed by atoms with Crippen molar-refractivity contribution in [3.8, 4) is 0 Å². The van der Waals surface area contributed by atoms with Gasteiger partial charge in [-0.15, -0.1) is 0 Å². The number of nitrogens with one attached hydrogen (secondary N) is 3. The average molecular weight is 504 g/mol. The second-order valence-electron chi connectivity index (χ2n) is 7.95. The zero-order chi connectivity index (χ0) is 23.6. The van der Waals surface area contributed by atoms with Crippen molar-refractivity contribution in [1.82, 2.24) is 10.6 Å². The van der Waals surface area contributed by atoms with Crippen LogP contribution < -0.4 is 16.0 Å². The normalized spacial score (nSPS) is 13.9. The molecular weight excluding hydrogens is 481 g/mol. The molecule has 3 aromatic carbocycles. The summed E-state index contributed by atoms with van der Waals surface area (Å²) in [6.07, 6.45) is 0. The van der Waals surface area contributed by atoms with Crippen LogP contribution in [-0.4, -0.2) is 14.4 Å². The maximum Gasteiger partial charge on any atom is 0.319 e. The first-order valence-electron chi connectivity index (χ1n) is 10.4. The lowest BCUT2D eigenvalue weighted by molar-refractivity contribution is 0.249. The Morgan fingerprint density at radius 2 is 1.76 bits per heavy atom. The Labute approximate surface area is 203 Å². The largest absolute Gasteiger partial charge is 0.331 e. The molecule has 0 spiro atoms. The Balaban J connectivity index is 1.39. The van der Waals surface area contributed by atoms with Crippen LogP contribution in [0.2, 0.25) is 10.0 Å². The number of rotatable bonds is 6. The lowest BCUT2D eigenvalue weighted by Gasteiger charge is -2.17. The van der Waals surface area contributed by atoms with Gasteiger partial charge in [0.05, 0.1) is 26.7 Å². The molecule has 3 N–H and O–H groups in total. The predicted octanol–water partition coefficient (Wildman–Crippen LogP) is 5.45. The van der Waals surface area contributed by atoms with E-state index in [9.17, 15) is 13.2 Å². The molecular formula is C24H23Cl2N3O3S. The Morgan fingerprint density at radius 3 is 2.52 bits per heavy atom. The standard InChI is InChI=1S/C24H23Cl2N3O3S/c1-15(21-3-2-4-22(25)23(21)26)28-24(30)29-19-7-9-20(10-8-19)33(31,32)14-16-5-6-17-12-27-13-18(17)11-16/h2-11,15,27H,12-14H2,1H3,(H2,28,29,30). The average Bonchev–Trinajstić information content (AvgIpc) is 3.23. The highest BCUT2D eigenvalue weighted by molar-refractivity contribution is 7.90. The minimum Gasteiger partial charge on any atom is -0.331 e. The van der Waals surface area contributed by atoms with Crippen molar-refractivity contribution in [2.24, 2.45) is 0 Å². The first-order chi connectivity index (χ1) is 15.7. The van der Waals surface area contributed by atoms with E-state index in [2.05, 4.69) is 16.0 Å². The fourth-order valence-electron chi connectivity index (χ4n) is 3.78. The maximum absolute atomic E-state index is 12.9. The molecule has 1 unspecified atom stereocenters. The zero-order valence-corrected chi connectivity index (χ0v) is 20.2. The molecule has 1 heterocycles. The van der Waals surface area contributed by atoms with E-state index in [1.54, 1.807) is 37.3 Å². The van der Waals surface area contributed by atoms with Gasteiger partial charge in [-0.2, -0.15) is 0 Å². The molecule has 6 nitrogen and oxygen atoms in total. The number of halogens is 2. The number of carbonyl (C=O) groups is 1. The van der Waals surface area contributed by atoms with Gasteiger partial charge < -0.3 is 16.0 Å². The van der Waals surface area contributed by atoms with Gasteiger partial charge in [0.2, 0.25) is 0 Å². The van der Waals surface area contributed by atoms with Gasteiger partial charge in [-0.3, -0.25) is 0 Å². The summed E-state index contributed by atoms with van der Waals surface area (Å²) in [5.41, 5.74) is 4.27. The summed E-state index contributed by atoms with van der Waals surface area (Å²) in [6, 6.07) is 16.3. The van der Waals surface area contributed by atoms with Gasteiger partial charge in [0.25, 0.3) is 0 Å². The zero-order valence-electron chi connectivity index (χ0n) is 17.9. The number of sulfone groups is 1. The quantitative estimate of drug-likeness (QED) is 0.417. The van der Waals surface area contributed by atoms with Crippen LogP contribution >= 0.6 is 23.2 Å². The van der Waals surface area contributed by atoms with Gasteiger partial charge in [-0.1, -0.05) is 53.5 Å². The van der Waals surface area contributed by atoms with Crippen LogP contribution in [0.15, 0.2) is 65.6 Å². The summed E-state index contributed by atoms with van der Waals surface area (Å²) in [7, 11) is -3.52. The van der Waals surface area contributed by atoms with Crippen molar-refractivity contribution in [1.29, 1.82) is 0 Å². The van der Waals surface area contributed by atoms with Crippen LogP contribution in [0.5, 0.6) is 0 Å². The first-order valence-corrected chi connectivity index (χ1v) is 12.8. The Bertz CT molecular complexity index is 1290. The number of carbonyl (C=O) groups excluding carboxylic acids is 1. The van der Waals surface area contributed by atoms with Crippen LogP contribution in [0.3, 0.4) is 0 Å². The van der Waals surface area contributed by atoms with Gasteiger partial charge >= 0.3 is 6.03 Å². The van der Waals surface area contributed by atoms with E-state index in [-0.39, 0.29) is 16.7 Å². The Morgan fingerprint density at radius 1 is 1.03 bits per heavy atom. The molecule has 2 amide bonds.